The molecule has 0 fully saturated rings. The Hall–Kier alpha value is -1.84. The minimum absolute atomic E-state index is 0.121. The number of primary amides is 1. The van der Waals surface area contributed by atoms with Gasteiger partial charge in [0.2, 0.25) is 11.8 Å². The Morgan fingerprint density at radius 1 is 1.20 bits per heavy atom. The molecule has 0 aliphatic heterocycles. The number of nitrogens with zero attached hydrogens (tertiary/aromatic N) is 1. The van der Waals surface area contributed by atoms with Crippen molar-refractivity contribution < 1.29 is 9.59 Å². The standard InChI is InChI=1S/C11H16N2O2/c1-4-6-13(7-5-2)11(15)9(3)8-10(12)14/h4-5H,1-3,6-8H2,(H2,12,14). The lowest BCUT2D eigenvalue weighted by molar-refractivity contribution is -0.127. The van der Waals surface area contributed by atoms with Crippen LogP contribution in [0.4, 0.5) is 0 Å². The lowest BCUT2D eigenvalue weighted by Gasteiger charge is -2.19. The van der Waals surface area contributed by atoms with Crippen LogP contribution in [0.3, 0.4) is 0 Å². The fraction of sp³-hybridized carbons (Fsp3) is 0.273. The molecule has 0 saturated heterocycles. The van der Waals surface area contributed by atoms with E-state index in [4.69, 9.17) is 5.73 Å². The highest BCUT2D eigenvalue weighted by molar-refractivity contribution is 5.97. The van der Waals surface area contributed by atoms with Crippen LogP contribution in [0, 0.1) is 0 Å². The third-order valence-corrected chi connectivity index (χ3v) is 1.68. The van der Waals surface area contributed by atoms with Crippen LogP contribution in [0.15, 0.2) is 37.5 Å². The summed E-state index contributed by atoms with van der Waals surface area (Å²) < 4.78 is 0. The lowest BCUT2D eigenvalue weighted by Crippen LogP contribution is -2.33. The number of rotatable bonds is 7. The van der Waals surface area contributed by atoms with Crippen molar-refractivity contribution in [2.75, 3.05) is 13.1 Å². The molecule has 0 heterocycles. The quantitative estimate of drug-likeness (QED) is 0.492. The van der Waals surface area contributed by atoms with Crippen LogP contribution in [0.1, 0.15) is 6.42 Å². The molecule has 4 heteroatoms. The smallest absolute Gasteiger partial charge is 0.250 e. The molecule has 0 aromatic rings. The first kappa shape index (κ1) is 13.2. The summed E-state index contributed by atoms with van der Waals surface area (Å²) in [6.07, 6.45) is 3.07. The van der Waals surface area contributed by atoms with Crippen LogP contribution in [-0.2, 0) is 9.59 Å². The highest BCUT2D eigenvalue weighted by Crippen LogP contribution is 2.04. The summed E-state index contributed by atoms with van der Waals surface area (Å²) in [5, 5.41) is 0. The molecular weight excluding hydrogens is 192 g/mol. The molecule has 15 heavy (non-hydrogen) atoms. The third-order valence-electron chi connectivity index (χ3n) is 1.68. The third kappa shape index (κ3) is 4.81. The molecule has 0 saturated carbocycles. The minimum atomic E-state index is -0.564. The van der Waals surface area contributed by atoms with Gasteiger partial charge < -0.3 is 10.6 Å². The lowest BCUT2D eigenvalue weighted by atomic mass is 10.2. The number of hydrogen-bond donors (Lipinski definition) is 1. The second-order valence-corrected chi connectivity index (χ2v) is 3.03. The molecule has 0 unspecified atom stereocenters. The normalized spacial score (nSPS) is 9.07. The maximum atomic E-state index is 11.7. The van der Waals surface area contributed by atoms with E-state index in [0.717, 1.165) is 0 Å². The highest BCUT2D eigenvalue weighted by atomic mass is 16.2. The number of nitrogens with two attached hydrogens (primary N) is 1. The summed E-state index contributed by atoms with van der Waals surface area (Å²) in [6, 6.07) is 0. The monoisotopic (exact) mass is 208 g/mol. The Kier molecular flexibility index (Phi) is 5.78. The Labute approximate surface area is 89.7 Å². The van der Waals surface area contributed by atoms with E-state index in [1.807, 2.05) is 0 Å². The summed E-state index contributed by atoms with van der Waals surface area (Å²) in [6.45, 7) is 11.4. The molecule has 0 radical (unpaired) electrons. The Morgan fingerprint density at radius 3 is 2.00 bits per heavy atom. The van der Waals surface area contributed by atoms with Crippen LogP contribution in [0.25, 0.3) is 0 Å². The van der Waals surface area contributed by atoms with Gasteiger partial charge in [0.25, 0.3) is 0 Å². The molecule has 0 spiro atoms. The van der Waals surface area contributed by atoms with Gasteiger partial charge in [-0.3, -0.25) is 9.59 Å². The maximum absolute atomic E-state index is 11.7. The second kappa shape index (κ2) is 6.59. The van der Waals surface area contributed by atoms with Crippen LogP contribution in [-0.4, -0.2) is 29.8 Å². The fourth-order valence-electron chi connectivity index (χ4n) is 1.06. The van der Waals surface area contributed by atoms with Crippen molar-refractivity contribution in [3.63, 3.8) is 0 Å². The van der Waals surface area contributed by atoms with Gasteiger partial charge in [-0.15, -0.1) is 13.2 Å². The van der Waals surface area contributed by atoms with Crippen LogP contribution >= 0.6 is 0 Å². The Bertz CT molecular complexity index is 285. The summed E-state index contributed by atoms with van der Waals surface area (Å²) in [7, 11) is 0. The molecule has 0 aromatic carbocycles. The van der Waals surface area contributed by atoms with Gasteiger partial charge in [-0.1, -0.05) is 18.7 Å². The predicted octanol–water partition coefficient (Wildman–Crippen LogP) is 0.619. The zero-order valence-electron chi connectivity index (χ0n) is 8.74. The average molecular weight is 208 g/mol. The largest absolute Gasteiger partial charge is 0.369 e. The van der Waals surface area contributed by atoms with Crippen molar-refractivity contribution >= 4 is 11.8 Å². The van der Waals surface area contributed by atoms with Crippen molar-refractivity contribution in [2.24, 2.45) is 5.73 Å². The topological polar surface area (TPSA) is 63.4 Å². The first-order valence-corrected chi connectivity index (χ1v) is 4.50. The van der Waals surface area contributed by atoms with Crippen molar-refractivity contribution in [3.8, 4) is 0 Å². The molecule has 0 aromatic heterocycles. The number of carbonyl (C=O) groups is 2. The molecule has 82 valence electrons. The fourth-order valence-corrected chi connectivity index (χ4v) is 1.06. The minimum Gasteiger partial charge on any atom is -0.369 e. The Morgan fingerprint density at radius 2 is 1.67 bits per heavy atom. The summed E-state index contributed by atoms with van der Waals surface area (Å²) in [5.41, 5.74) is 5.15. The van der Waals surface area contributed by atoms with Crippen LogP contribution in [0.2, 0.25) is 0 Å². The van der Waals surface area contributed by atoms with Gasteiger partial charge in [0.15, 0.2) is 0 Å². The zero-order valence-corrected chi connectivity index (χ0v) is 8.74. The van der Waals surface area contributed by atoms with E-state index >= 15 is 0 Å². The SMILES string of the molecule is C=CCN(CC=C)C(=O)C(=C)CC(N)=O. The first-order valence-electron chi connectivity index (χ1n) is 4.50. The molecule has 0 rings (SSSR count). The van der Waals surface area contributed by atoms with E-state index < -0.39 is 5.91 Å². The molecule has 0 aliphatic rings. The Balaban J connectivity index is 4.47. The predicted molar refractivity (Wildman–Crippen MR) is 59.9 cm³/mol. The van der Waals surface area contributed by atoms with E-state index in [1.165, 1.54) is 4.90 Å². The molecule has 0 atom stereocenters. The van der Waals surface area contributed by atoms with Gasteiger partial charge in [0, 0.05) is 18.7 Å². The number of hydrogen-bond acceptors (Lipinski definition) is 2. The van der Waals surface area contributed by atoms with Crippen molar-refractivity contribution in [2.45, 2.75) is 6.42 Å². The molecule has 0 bridgehead atoms. The van der Waals surface area contributed by atoms with E-state index in [9.17, 15) is 9.59 Å². The molecule has 2 N–H and O–H groups in total. The van der Waals surface area contributed by atoms with Crippen LogP contribution in [0.5, 0.6) is 0 Å². The average Bonchev–Trinajstić information content (AvgIpc) is 2.15. The summed E-state index contributed by atoms with van der Waals surface area (Å²) >= 11 is 0. The molecule has 4 nitrogen and oxygen atoms in total. The summed E-state index contributed by atoms with van der Waals surface area (Å²) in [4.78, 5) is 23.8. The van der Waals surface area contributed by atoms with Crippen molar-refractivity contribution in [1.82, 2.24) is 4.90 Å². The van der Waals surface area contributed by atoms with Crippen molar-refractivity contribution in [1.29, 1.82) is 0 Å². The van der Waals surface area contributed by atoms with E-state index in [-0.39, 0.29) is 17.9 Å². The van der Waals surface area contributed by atoms with E-state index in [0.29, 0.717) is 13.1 Å². The van der Waals surface area contributed by atoms with Gasteiger partial charge in [0.1, 0.15) is 0 Å². The zero-order chi connectivity index (χ0) is 11.8. The first-order chi connectivity index (χ1) is 7.02. The van der Waals surface area contributed by atoms with E-state index in [2.05, 4.69) is 19.7 Å². The highest BCUT2D eigenvalue weighted by Gasteiger charge is 2.15. The van der Waals surface area contributed by atoms with Gasteiger partial charge >= 0.3 is 0 Å². The second-order valence-electron chi connectivity index (χ2n) is 3.03. The van der Waals surface area contributed by atoms with Gasteiger partial charge in [-0.05, 0) is 0 Å². The van der Waals surface area contributed by atoms with Crippen LogP contribution < -0.4 is 5.73 Å². The van der Waals surface area contributed by atoms with Gasteiger partial charge in [0.05, 0.1) is 6.42 Å². The molecule has 0 aliphatic carbocycles. The number of carbonyl (C=O) groups excluding carboxylic acids is 2. The van der Waals surface area contributed by atoms with Crippen molar-refractivity contribution in [3.05, 3.63) is 37.5 Å². The van der Waals surface area contributed by atoms with E-state index in [1.54, 1.807) is 12.2 Å². The van der Waals surface area contributed by atoms with Gasteiger partial charge in [-0.25, -0.2) is 0 Å². The molecule has 2 amide bonds. The molecular formula is C11H16N2O2. The maximum Gasteiger partial charge on any atom is 0.250 e. The van der Waals surface area contributed by atoms with Gasteiger partial charge in [-0.2, -0.15) is 0 Å². The summed E-state index contributed by atoms with van der Waals surface area (Å²) in [5.74, 6) is -0.862. The number of amides is 2.